The molecular formula is C27H25F3N8O2. The number of aromatic amines is 1. The zero-order valence-corrected chi connectivity index (χ0v) is 21.7. The van der Waals surface area contributed by atoms with E-state index in [0.717, 1.165) is 23.0 Å². The first-order chi connectivity index (χ1) is 19.0. The van der Waals surface area contributed by atoms with Gasteiger partial charge in [-0.2, -0.15) is 13.2 Å². The van der Waals surface area contributed by atoms with Gasteiger partial charge in [-0.3, -0.25) is 4.79 Å². The van der Waals surface area contributed by atoms with Crippen molar-refractivity contribution in [1.82, 2.24) is 19.4 Å². The topological polar surface area (TPSA) is 119 Å². The van der Waals surface area contributed by atoms with E-state index in [1.165, 1.54) is 40.3 Å². The minimum absolute atomic E-state index is 0.131. The minimum Gasteiger partial charge on any atom is -0.348 e. The molecule has 13 heteroatoms. The summed E-state index contributed by atoms with van der Waals surface area (Å²) in [6.07, 6.45) is 0.817. The molecule has 0 saturated carbocycles. The molecule has 0 saturated heterocycles. The summed E-state index contributed by atoms with van der Waals surface area (Å²) in [6, 6.07) is 9.58. The number of hydrogen-bond acceptors (Lipinski definition) is 5. The van der Waals surface area contributed by atoms with Gasteiger partial charge >= 0.3 is 12.2 Å². The number of aromatic nitrogens is 3. The van der Waals surface area contributed by atoms with Crippen molar-refractivity contribution >= 4 is 35.5 Å². The number of urea groups is 1. The molecule has 4 aromatic rings. The summed E-state index contributed by atoms with van der Waals surface area (Å²) in [7, 11) is 1.60. The van der Waals surface area contributed by atoms with Crippen LogP contribution in [0.15, 0.2) is 66.0 Å². The summed E-state index contributed by atoms with van der Waals surface area (Å²) >= 11 is 0. The zero-order chi connectivity index (χ0) is 28.6. The van der Waals surface area contributed by atoms with Crippen LogP contribution in [0.4, 0.5) is 35.2 Å². The zero-order valence-electron chi connectivity index (χ0n) is 21.7. The fourth-order valence-electron chi connectivity index (χ4n) is 4.38. The van der Waals surface area contributed by atoms with Crippen molar-refractivity contribution in [2.45, 2.75) is 26.2 Å². The number of alkyl halides is 3. The van der Waals surface area contributed by atoms with Crippen molar-refractivity contribution < 1.29 is 22.8 Å². The minimum atomic E-state index is -4.70. The fourth-order valence-corrected chi connectivity index (χ4v) is 4.38. The Hall–Kier alpha value is -5.07. The van der Waals surface area contributed by atoms with Crippen LogP contribution in [0.25, 0.3) is 5.69 Å². The first kappa shape index (κ1) is 26.5. The standard InChI is InChI=1S/C27H25F3N8O2/c1-15-4-6-18(13-21(15)36-26(40)37(3)24-19-8-9-32-23(19)33-14-34-24)35-25(39)17-5-7-22(20(12-17)27(28,29)30)38-11-10-31-16(38)2/h4-14,24,32H,1-3H3,(H,33,34)(H,35,39)(H,36,40). The number of H-pyrrole nitrogens is 1. The van der Waals surface area contributed by atoms with E-state index < -0.39 is 29.8 Å². The monoisotopic (exact) mass is 550 g/mol. The molecule has 10 nitrogen and oxygen atoms in total. The average Bonchev–Trinajstić information content (AvgIpc) is 3.58. The molecule has 40 heavy (non-hydrogen) atoms. The van der Waals surface area contributed by atoms with E-state index in [1.807, 2.05) is 6.07 Å². The van der Waals surface area contributed by atoms with Crippen molar-refractivity contribution in [3.8, 4) is 5.69 Å². The number of rotatable bonds is 5. The molecule has 1 atom stereocenters. The Balaban J connectivity index is 1.34. The third-order valence-corrected chi connectivity index (χ3v) is 6.56. The maximum atomic E-state index is 13.9. The molecule has 206 valence electrons. The summed E-state index contributed by atoms with van der Waals surface area (Å²) < 4.78 is 43.0. The van der Waals surface area contributed by atoms with Crippen LogP contribution in [0, 0.1) is 13.8 Å². The van der Waals surface area contributed by atoms with Crippen LogP contribution in [0.5, 0.6) is 0 Å². The Morgan fingerprint density at radius 2 is 1.88 bits per heavy atom. The highest BCUT2D eigenvalue weighted by atomic mass is 19.4. The van der Waals surface area contributed by atoms with E-state index in [-0.39, 0.29) is 11.3 Å². The van der Waals surface area contributed by atoms with Crippen LogP contribution in [0.1, 0.15) is 39.0 Å². The number of aliphatic imine (C=N–C) groups is 1. The Kier molecular flexibility index (Phi) is 6.80. The van der Waals surface area contributed by atoms with E-state index in [2.05, 4.69) is 30.9 Å². The molecule has 0 bridgehead atoms. The van der Waals surface area contributed by atoms with Gasteiger partial charge in [0.05, 0.1) is 17.6 Å². The summed E-state index contributed by atoms with van der Waals surface area (Å²) in [5.41, 5.74) is 0.959. The number of nitrogens with zero attached hydrogens (tertiary/aromatic N) is 4. The van der Waals surface area contributed by atoms with E-state index in [4.69, 9.17) is 0 Å². The Morgan fingerprint density at radius 1 is 1.07 bits per heavy atom. The number of hydrogen-bond donors (Lipinski definition) is 4. The number of imidazole rings is 1. The number of amides is 3. The molecule has 0 radical (unpaired) electrons. The lowest BCUT2D eigenvalue weighted by molar-refractivity contribution is -0.137. The van der Waals surface area contributed by atoms with Gasteiger partial charge in [0, 0.05) is 48.1 Å². The van der Waals surface area contributed by atoms with Gasteiger partial charge < -0.3 is 30.4 Å². The fraction of sp³-hybridized carbons (Fsp3) is 0.185. The Morgan fingerprint density at radius 3 is 2.60 bits per heavy atom. The number of nitrogens with one attached hydrogen (secondary N) is 4. The largest absolute Gasteiger partial charge is 0.418 e. The molecule has 1 unspecified atom stereocenters. The lowest BCUT2D eigenvalue weighted by Crippen LogP contribution is -2.35. The second kappa shape index (κ2) is 10.2. The van der Waals surface area contributed by atoms with E-state index in [9.17, 15) is 22.8 Å². The number of aryl methyl sites for hydroxylation is 2. The van der Waals surface area contributed by atoms with Gasteiger partial charge in [-0.15, -0.1) is 0 Å². The van der Waals surface area contributed by atoms with Crippen molar-refractivity contribution in [2.75, 3.05) is 23.0 Å². The second-order valence-corrected chi connectivity index (χ2v) is 9.20. The predicted octanol–water partition coefficient (Wildman–Crippen LogP) is 5.70. The third-order valence-electron chi connectivity index (χ3n) is 6.56. The quantitative estimate of drug-likeness (QED) is 0.255. The molecule has 5 rings (SSSR count). The van der Waals surface area contributed by atoms with Crippen LogP contribution >= 0.6 is 0 Å². The van der Waals surface area contributed by atoms with Crippen LogP contribution in [-0.2, 0) is 6.18 Å². The molecular weight excluding hydrogens is 525 g/mol. The molecule has 3 heterocycles. The first-order valence-electron chi connectivity index (χ1n) is 12.2. The van der Waals surface area contributed by atoms with Crippen molar-refractivity contribution in [2.24, 2.45) is 4.99 Å². The van der Waals surface area contributed by atoms with Gasteiger partial charge in [0.1, 0.15) is 11.6 Å². The highest BCUT2D eigenvalue weighted by molar-refractivity contribution is 6.05. The highest BCUT2D eigenvalue weighted by Crippen LogP contribution is 2.35. The molecule has 0 fully saturated rings. The Bertz CT molecular complexity index is 1620. The third kappa shape index (κ3) is 5.13. The van der Waals surface area contributed by atoms with Gasteiger partial charge in [0.25, 0.3) is 5.91 Å². The van der Waals surface area contributed by atoms with Crippen molar-refractivity contribution in [3.05, 3.63) is 89.1 Å². The van der Waals surface area contributed by atoms with Crippen LogP contribution in [-0.4, -0.2) is 44.8 Å². The van der Waals surface area contributed by atoms with Crippen molar-refractivity contribution in [3.63, 3.8) is 0 Å². The van der Waals surface area contributed by atoms with Crippen molar-refractivity contribution in [1.29, 1.82) is 0 Å². The number of fused-ring (bicyclic) bond motifs is 1. The average molecular weight is 551 g/mol. The maximum absolute atomic E-state index is 13.9. The highest BCUT2D eigenvalue weighted by Gasteiger charge is 2.35. The summed E-state index contributed by atoms with van der Waals surface area (Å²) in [6.45, 7) is 3.37. The maximum Gasteiger partial charge on any atom is 0.418 e. The number of halogens is 3. The van der Waals surface area contributed by atoms with Gasteiger partial charge in [0.15, 0.2) is 6.17 Å². The second-order valence-electron chi connectivity index (χ2n) is 9.20. The molecule has 0 aliphatic carbocycles. The predicted molar refractivity (Wildman–Crippen MR) is 145 cm³/mol. The van der Waals surface area contributed by atoms with Gasteiger partial charge in [-0.1, -0.05) is 6.07 Å². The van der Waals surface area contributed by atoms with E-state index in [0.29, 0.717) is 17.2 Å². The lowest BCUT2D eigenvalue weighted by Gasteiger charge is -2.28. The van der Waals surface area contributed by atoms with Gasteiger partial charge in [-0.25, -0.2) is 14.8 Å². The SMILES string of the molecule is Cc1ccc(NC(=O)c2ccc(-n3ccnc3C)c(C(F)(F)F)c2)cc1NC(=O)N(C)C1N=CNc2[nH]ccc21. The Labute approximate surface area is 226 Å². The first-order valence-corrected chi connectivity index (χ1v) is 12.2. The molecule has 3 amide bonds. The lowest BCUT2D eigenvalue weighted by atomic mass is 10.1. The van der Waals surface area contributed by atoms with Gasteiger partial charge in [-0.05, 0) is 55.8 Å². The normalized spacial score (nSPS) is 14.3. The van der Waals surface area contributed by atoms with E-state index in [1.54, 1.807) is 45.3 Å². The van der Waals surface area contributed by atoms with Crippen LogP contribution < -0.4 is 16.0 Å². The number of benzene rings is 2. The molecule has 1 aliphatic heterocycles. The smallest absolute Gasteiger partial charge is 0.348 e. The molecule has 1 aliphatic rings. The number of anilines is 3. The number of carbonyl (C=O) groups excluding carboxylic acids is 2. The molecule has 2 aromatic carbocycles. The molecule has 4 N–H and O–H groups in total. The summed E-state index contributed by atoms with van der Waals surface area (Å²) in [5, 5.41) is 8.41. The number of carbonyl (C=O) groups is 2. The molecule has 2 aromatic heterocycles. The summed E-state index contributed by atoms with van der Waals surface area (Å²) in [5.74, 6) is 0.382. The van der Waals surface area contributed by atoms with Gasteiger partial charge in [0.2, 0.25) is 0 Å². The van der Waals surface area contributed by atoms with E-state index >= 15 is 0 Å². The van der Waals surface area contributed by atoms with Crippen LogP contribution in [0.3, 0.4) is 0 Å². The molecule has 0 spiro atoms. The summed E-state index contributed by atoms with van der Waals surface area (Å²) in [4.78, 5) is 38.8. The van der Waals surface area contributed by atoms with Crippen LogP contribution in [0.2, 0.25) is 0 Å².